The summed E-state index contributed by atoms with van der Waals surface area (Å²) in [6, 6.07) is 10.6. The van der Waals surface area contributed by atoms with Crippen molar-refractivity contribution < 1.29 is 4.74 Å². The van der Waals surface area contributed by atoms with Crippen LogP contribution in [0.25, 0.3) is 0 Å². The molecule has 1 N–H and O–H groups in total. The molecule has 0 aromatic heterocycles. The van der Waals surface area contributed by atoms with Gasteiger partial charge in [-0.15, -0.1) is 0 Å². The van der Waals surface area contributed by atoms with Gasteiger partial charge in [-0.1, -0.05) is 55.5 Å². The number of hydrogen-bond acceptors (Lipinski definition) is 2. The highest BCUT2D eigenvalue weighted by atomic mass is 16.5. The molecule has 116 valence electrons. The lowest BCUT2D eigenvalue weighted by Crippen LogP contribution is -2.21. The van der Waals surface area contributed by atoms with E-state index >= 15 is 0 Å². The van der Waals surface area contributed by atoms with Gasteiger partial charge in [0.2, 0.25) is 0 Å². The van der Waals surface area contributed by atoms with Gasteiger partial charge >= 0.3 is 0 Å². The van der Waals surface area contributed by atoms with Gasteiger partial charge in [0.05, 0.1) is 6.10 Å². The molecule has 1 aliphatic heterocycles. The van der Waals surface area contributed by atoms with Gasteiger partial charge in [0, 0.05) is 19.7 Å². The highest BCUT2D eigenvalue weighted by molar-refractivity contribution is 5.47. The van der Waals surface area contributed by atoms with Crippen LogP contribution in [0.2, 0.25) is 0 Å². The van der Waals surface area contributed by atoms with Crippen molar-refractivity contribution in [2.24, 2.45) is 5.92 Å². The molecule has 1 aromatic rings. The summed E-state index contributed by atoms with van der Waals surface area (Å²) < 4.78 is 6.03. The number of allylic oxidation sites excluding steroid dienone is 2. The fraction of sp³-hybridized carbons (Fsp3) is 0.400. The first-order chi connectivity index (χ1) is 10.8. The van der Waals surface area contributed by atoms with Crippen molar-refractivity contribution in [2.75, 3.05) is 19.7 Å². The van der Waals surface area contributed by atoms with E-state index in [1.165, 1.54) is 16.7 Å². The molecule has 3 rings (SSSR count). The van der Waals surface area contributed by atoms with Crippen LogP contribution in [0, 0.1) is 5.92 Å². The molecule has 0 saturated carbocycles. The fourth-order valence-corrected chi connectivity index (χ4v) is 3.09. The Morgan fingerprint density at radius 1 is 1.23 bits per heavy atom. The van der Waals surface area contributed by atoms with Gasteiger partial charge in [0.1, 0.15) is 0 Å². The third-order valence-electron chi connectivity index (χ3n) is 4.35. The van der Waals surface area contributed by atoms with Crippen molar-refractivity contribution in [1.82, 2.24) is 5.32 Å². The van der Waals surface area contributed by atoms with Crippen molar-refractivity contribution in [2.45, 2.75) is 25.9 Å². The van der Waals surface area contributed by atoms with Crippen molar-refractivity contribution >= 4 is 0 Å². The maximum Gasteiger partial charge on any atom is 0.0946 e. The van der Waals surface area contributed by atoms with E-state index < -0.39 is 0 Å². The molecule has 0 fully saturated rings. The summed E-state index contributed by atoms with van der Waals surface area (Å²) in [5.41, 5.74) is 4.18. The maximum absolute atomic E-state index is 6.03. The van der Waals surface area contributed by atoms with Crippen LogP contribution >= 0.6 is 0 Å². The average Bonchev–Trinajstić information content (AvgIpc) is 2.74. The molecule has 2 heteroatoms. The molecular weight excluding hydrogens is 270 g/mol. The second-order valence-electron chi connectivity index (χ2n) is 6.12. The topological polar surface area (TPSA) is 21.3 Å². The number of ether oxygens (including phenoxy) is 1. The van der Waals surface area contributed by atoms with Crippen LogP contribution in [0.15, 0.2) is 65.8 Å². The first kappa shape index (κ1) is 15.3. The third-order valence-corrected chi connectivity index (χ3v) is 4.35. The molecule has 0 radical (unpaired) electrons. The molecule has 2 aliphatic rings. The summed E-state index contributed by atoms with van der Waals surface area (Å²) in [5, 5.41) is 3.45. The Labute approximate surface area is 133 Å². The van der Waals surface area contributed by atoms with Crippen LogP contribution in [0.3, 0.4) is 0 Å². The molecule has 2 unspecified atom stereocenters. The summed E-state index contributed by atoms with van der Waals surface area (Å²) >= 11 is 0. The van der Waals surface area contributed by atoms with E-state index in [1.54, 1.807) is 0 Å². The summed E-state index contributed by atoms with van der Waals surface area (Å²) in [6.45, 7) is 5.09. The van der Waals surface area contributed by atoms with Crippen LogP contribution in [-0.4, -0.2) is 25.8 Å². The van der Waals surface area contributed by atoms with E-state index in [0.29, 0.717) is 5.92 Å². The van der Waals surface area contributed by atoms with E-state index in [2.05, 4.69) is 66.9 Å². The fourth-order valence-electron chi connectivity index (χ4n) is 3.09. The molecule has 0 amide bonds. The molecular formula is C20H25NO. The van der Waals surface area contributed by atoms with Crippen molar-refractivity contribution in [3.05, 3.63) is 71.3 Å². The Morgan fingerprint density at radius 2 is 2.09 bits per heavy atom. The maximum atomic E-state index is 6.03. The van der Waals surface area contributed by atoms with Crippen molar-refractivity contribution in [3.63, 3.8) is 0 Å². The van der Waals surface area contributed by atoms with Crippen molar-refractivity contribution in [3.8, 4) is 0 Å². The first-order valence-electron chi connectivity index (χ1n) is 8.29. The minimum absolute atomic E-state index is 0.128. The van der Waals surface area contributed by atoms with Gasteiger partial charge in [0.25, 0.3) is 0 Å². The minimum Gasteiger partial charge on any atom is -0.370 e. The van der Waals surface area contributed by atoms with Crippen molar-refractivity contribution in [1.29, 1.82) is 0 Å². The Morgan fingerprint density at radius 3 is 2.95 bits per heavy atom. The molecule has 22 heavy (non-hydrogen) atoms. The summed E-state index contributed by atoms with van der Waals surface area (Å²) in [5.74, 6) is 0.550. The lowest BCUT2D eigenvalue weighted by Gasteiger charge is -2.22. The Balaban J connectivity index is 1.50. The average molecular weight is 295 g/mol. The minimum atomic E-state index is 0.128. The lowest BCUT2D eigenvalue weighted by molar-refractivity contribution is 0.112. The number of aryl methyl sites for hydroxylation is 1. The monoisotopic (exact) mass is 295 g/mol. The number of rotatable bonds is 5. The second kappa shape index (κ2) is 7.57. The Kier molecular flexibility index (Phi) is 5.25. The lowest BCUT2D eigenvalue weighted by atomic mass is 9.89. The van der Waals surface area contributed by atoms with Crippen LogP contribution < -0.4 is 5.32 Å². The van der Waals surface area contributed by atoms with Gasteiger partial charge in [-0.2, -0.15) is 0 Å². The van der Waals surface area contributed by atoms with Gasteiger partial charge in [0.15, 0.2) is 0 Å². The van der Waals surface area contributed by atoms with E-state index in [1.807, 2.05) is 0 Å². The predicted molar refractivity (Wildman–Crippen MR) is 91.8 cm³/mol. The van der Waals surface area contributed by atoms with Crippen LogP contribution in [0.1, 0.15) is 18.9 Å². The standard InChI is InChI=1S/C20H25NO/c1-16-15-21-12-11-18-9-10-19(14-20(16)18)22-13-5-8-17-6-3-2-4-7-17/h2-4,6-7,9-11,14,16,19,21H,5,8,12-13,15H2,1H3. The molecule has 1 aromatic carbocycles. The highest BCUT2D eigenvalue weighted by Crippen LogP contribution is 2.27. The molecule has 0 saturated heterocycles. The van der Waals surface area contributed by atoms with E-state index in [-0.39, 0.29) is 6.10 Å². The smallest absolute Gasteiger partial charge is 0.0946 e. The van der Waals surface area contributed by atoms with Crippen LogP contribution in [0.5, 0.6) is 0 Å². The van der Waals surface area contributed by atoms with E-state index in [0.717, 1.165) is 32.5 Å². The Hall–Kier alpha value is -1.64. The molecule has 0 spiro atoms. The van der Waals surface area contributed by atoms with E-state index in [4.69, 9.17) is 4.74 Å². The summed E-state index contributed by atoms with van der Waals surface area (Å²) in [4.78, 5) is 0. The zero-order chi connectivity index (χ0) is 15.2. The van der Waals surface area contributed by atoms with E-state index in [9.17, 15) is 0 Å². The largest absolute Gasteiger partial charge is 0.370 e. The quantitative estimate of drug-likeness (QED) is 0.837. The molecule has 1 heterocycles. The number of fused-ring (bicyclic) bond motifs is 1. The third kappa shape index (κ3) is 3.96. The van der Waals surface area contributed by atoms with Crippen LogP contribution in [0.4, 0.5) is 0 Å². The summed E-state index contributed by atoms with van der Waals surface area (Å²) in [7, 11) is 0. The SMILES string of the molecule is CC1CNCC=C2C=CC(OCCCc3ccccc3)C=C21. The predicted octanol–water partition coefficient (Wildman–Crippen LogP) is 3.67. The first-order valence-corrected chi connectivity index (χ1v) is 8.29. The molecule has 1 aliphatic carbocycles. The highest BCUT2D eigenvalue weighted by Gasteiger charge is 2.19. The molecule has 2 nitrogen and oxygen atoms in total. The number of benzene rings is 1. The zero-order valence-corrected chi connectivity index (χ0v) is 13.3. The molecule has 2 atom stereocenters. The van der Waals surface area contributed by atoms with Gasteiger partial charge in [-0.3, -0.25) is 0 Å². The van der Waals surface area contributed by atoms with Gasteiger partial charge < -0.3 is 10.1 Å². The van der Waals surface area contributed by atoms with Gasteiger partial charge in [-0.05, 0) is 41.5 Å². The molecule has 0 bridgehead atoms. The number of hydrogen-bond donors (Lipinski definition) is 1. The second-order valence-corrected chi connectivity index (χ2v) is 6.12. The summed E-state index contributed by atoms with van der Waals surface area (Å²) in [6.07, 6.45) is 11.2. The number of nitrogens with one attached hydrogen (secondary N) is 1. The Bertz CT molecular complexity index is 571. The van der Waals surface area contributed by atoms with Gasteiger partial charge in [-0.25, -0.2) is 0 Å². The normalized spacial score (nSPS) is 24.2. The van der Waals surface area contributed by atoms with Crippen LogP contribution in [-0.2, 0) is 11.2 Å². The zero-order valence-electron chi connectivity index (χ0n) is 13.3.